The molecule has 0 radical (unpaired) electrons. The number of hydrogen-bond donors (Lipinski definition) is 3. The van der Waals surface area contributed by atoms with Crippen LogP contribution in [0.15, 0.2) is 18.2 Å². The van der Waals surface area contributed by atoms with E-state index in [2.05, 4.69) is 11.4 Å². The fourth-order valence-corrected chi connectivity index (χ4v) is 2.35. The van der Waals surface area contributed by atoms with Crippen molar-refractivity contribution in [1.82, 2.24) is 5.32 Å². The van der Waals surface area contributed by atoms with Gasteiger partial charge in [-0.05, 0) is 37.2 Å². The molecule has 4 N–H and O–H groups in total. The highest BCUT2D eigenvalue weighted by Crippen LogP contribution is 2.29. The van der Waals surface area contributed by atoms with Crippen LogP contribution in [0.5, 0.6) is 0 Å². The van der Waals surface area contributed by atoms with Crippen LogP contribution < -0.4 is 16.0 Å². The Morgan fingerprint density at radius 2 is 2.32 bits per heavy atom. The summed E-state index contributed by atoms with van der Waals surface area (Å²) in [4.78, 5) is 13.7. The van der Waals surface area contributed by atoms with Gasteiger partial charge in [0.2, 0.25) is 5.91 Å². The first-order valence-corrected chi connectivity index (χ1v) is 6.59. The number of likely N-dealkylation sites (N-methyl/N-ethyl adjacent to an activating group) is 1. The second kappa shape index (κ2) is 6.14. The van der Waals surface area contributed by atoms with E-state index < -0.39 is 0 Å². The van der Waals surface area contributed by atoms with Crippen LogP contribution >= 0.6 is 0 Å². The predicted octanol–water partition coefficient (Wildman–Crippen LogP) is -0.343. The van der Waals surface area contributed by atoms with Crippen LogP contribution in [0.2, 0.25) is 0 Å². The molecular formula is C14H21N3O2. The van der Waals surface area contributed by atoms with Gasteiger partial charge in [-0.2, -0.15) is 0 Å². The molecule has 0 bridgehead atoms. The Morgan fingerprint density at radius 1 is 1.53 bits per heavy atom. The number of carbonyl (C=O) groups excluding carboxylic acids is 1. The van der Waals surface area contributed by atoms with Crippen molar-refractivity contribution in [1.29, 1.82) is 0 Å². The molecule has 2 rings (SSSR count). The maximum Gasteiger partial charge on any atom is 0.231 e. The van der Waals surface area contributed by atoms with Crippen LogP contribution in [0.1, 0.15) is 11.1 Å². The standard InChI is InChI=1S/C14H21N3O2/c1-16-5-4-10-2-3-13-11(6-10)7-14(19)17(13)8-12(15)9-18/h2-3,6,12,16,18H,4-5,7-9,15H2,1H3. The van der Waals surface area contributed by atoms with Crippen LogP contribution in [0.25, 0.3) is 0 Å². The summed E-state index contributed by atoms with van der Waals surface area (Å²) < 4.78 is 0. The second-order valence-corrected chi connectivity index (χ2v) is 4.94. The number of amides is 1. The molecule has 19 heavy (non-hydrogen) atoms. The van der Waals surface area contributed by atoms with Gasteiger partial charge < -0.3 is 21.1 Å². The van der Waals surface area contributed by atoms with Gasteiger partial charge in [0, 0.05) is 18.3 Å². The smallest absolute Gasteiger partial charge is 0.231 e. The summed E-state index contributed by atoms with van der Waals surface area (Å²) in [6.07, 6.45) is 1.38. The van der Waals surface area contributed by atoms with Gasteiger partial charge in [-0.25, -0.2) is 0 Å². The molecule has 1 unspecified atom stereocenters. The predicted molar refractivity (Wildman–Crippen MR) is 75.2 cm³/mol. The molecule has 0 saturated heterocycles. The molecule has 0 aromatic heterocycles. The normalized spacial score (nSPS) is 15.7. The SMILES string of the molecule is CNCCc1ccc2c(c1)CC(=O)N2CC(N)CO. The van der Waals surface area contributed by atoms with Gasteiger partial charge in [-0.1, -0.05) is 12.1 Å². The van der Waals surface area contributed by atoms with Crippen LogP contribution in [0, 0.1) is 0 Å². The molecule has 1 amide bonds. The maximum atomic E-state index is 12.0. The minimum absolute atomic E-state index is 0.0599. The van der Waals surface area contributed by atoms with Crippen molar-refractivity contribution >= 4 is 11.6 Å². The van der Waals surface area contributed by atoms with Crippen LogP contribution in [0.3, 0.4) is 0 Å². The van der Waals surface area contributed by atoms with Crippen LogP contribution in [-0.4, -0.2) is 43.8 Å². The van der Waals surface area contributed by atoms with Gasteiger partial charge in [-0.3, -0.25) is 4.79 Å². The molecule has 5 nitrogen and oxygen atoms in total. The van der Waals surface area contributed by atoms with E-state index >= 15 is 0 Å². The number of benzene rings is 1. The van der Waals surface area contributed by atoms with E-state index in [0.717, 1.165) is 24.2 Å². The molecule has 1 aromatic carbocycles. The summed E-state index contributed by atoms with van der Waals surface area (Å²) in [6, 6.07) is 5.73. The van der Waals surface area contributed by atoms with Crippen molar-refractivity contribution < 1.29 is 9.90 Å². The Bertz CT molecular complexity index is 462. The van der Waals surface area contributed by atoms with Gasteiger partial charge in [0.1, 0.15) is 0 Å². The molecule has 5 heteroatoms. The Hall–Kier alpha value is -1.43. The average molecular weight is 263 g/mol. The lowest BCUT2D eigenvalue weighted by Gasteiger charge is -2.20. The van der Waals surface area contributed by atoms with E-state index in [4.69, 9.17) is 10.8 Å². The number of hydrogen-bond acceptors (Lipinski definition) is 4. The molecule has 0 saturated carbocycles. The van der Waals surface area contributed by atoms with Crippen molar-refractivity contribution in [3.05, 3.63) is 29.3 Å². The fourth-order valence-electron chi connectivity index (χ4n) is 2.35. The second-order valence-electron chi connectivity index (χ2n) is 4.94. The molecule has 104 valence electrons. The average Bonchev–Trinajstić information content (AvgIpc) is 2.72. The van der Waals surface area contributed by atoms with E-state index in [1.165, 1.54) is 5.56 Å². The van der Waals surface area contributed by atoms with Crippen molar-refractivity contribution in [2.75, 3.05) is 31.6 Å². The maximum absolute atomic E-state index is 12.0. The third-order valence-corrected chi connectivity index (χ3v) is 3.39. The highest BCUT2D eigenvalue weighted by molar-refractivity contribution is 6.01. The van der Waals surface area contributed by atoms with E-state index in [0.29, 0.717) is 13.0 Å². The number of aliphatic hydroxyl groups excluding tert-OH is 1. The molecule has 0 spiro atoms. The number of nitrogens with zero attached hydrogens (tertiary/aromatic N) is 1. The summed E-state index contributed by atoms with van der Waals surface area (Å²) in [6.45, 7) is 1.18. The van der Waals surface area contributed by atoms with Crippen molar-refractivity contribution in [2.45, 2.75) is 18.9 Å². The fraction of sp³-hybridized carbons (Fsp3) is 0.500. The molecule has 1 aromatic rings. The molecule has 1 atom stereocenters. The van der Waals surface area contributed by atoms with Crippen molar-refractivity contribution in [3.63, 3.8) is 0 Å². The molecule has 1 aliphatic heterocycles. The lowest BCUT2D eigenvalue weighted by molar-refractivity contribution is -0.117. The molecular weight excluding hydrogens is 242 g/mol. The Kier molecular flexibility index (Phi) is 4.52. The molecule has 0 fully saturated rings. The zero-order valence-corrected chi connectivity index (χ0v) is 11.2. The summed E-state index contributed by atoms with van der Waals surface area (Å²) in [5.41, 5.74) is 8.94. The molecule has 1 aliphatic rings. The van der Waals surface area contributed by atoms with E-state index in [1.807, 2.05) is 19.2 Å². The van der Waals surface area contributed by atoms with Gasteiger partial charge >= 0.3 is 0 Å². The zero-order chi connectivity index (χ0) is 13.8. The van der Waals surface area contributed by atoms with Crippen molar-refractivity contribution in [3.8, 4) is 0 Å². The van der Waals surface area contributed by atoms with Gasteiger partial charge in [0.15, 0.2) is 0 Å². The van der Waals surface area contributed by atoms with E-state index in [-0.39, 0.29) is 18.6 Å². The Labute approximate surface area is 113 Å². The quantitative estimate of drug-likeness (QED) is 0.656. The Morgan fingerprint density at radius 3 is 3.00 bits per heavy atom. The summed E-state index contributed by atoms with van der Waals surface area (Å²) in [5.74, 6) is 0.0599. The van der Waals surface area contributed by atoms with Gasteiger partial charge in [0.05, 0.1) is 13.0 Å². The summed E-state index contributed by atoms with van der Waals surface area (Å²) in [5, 5.41) is 12.1. The highest BCUT2D eigenvalue weighted by atomic mass is 16.3. The molecule has 0 aliphatic carbocycles. The number of carbonyl (C=O) groups is 1. The third kappa shape index (κ3) is 3.12. The zero-order valence-electron chi connectivity index (χ0n) is 11.2. The summed E-state index contributed by atoms with van der Waals surface area (Å²) >= 11 is 0. The lowest BCUT2D eigenvalue weighted by atomic mass is 10.1. The minimum Gasteiger partial charge on any atom is -0.395 e. The minimum atomic E-state index is -0.390. The first kappa shape index (κ1) is 14.0. The Balaban J connectivity index is 2.15. The number of rotatable bonds is 6. The number of nitrogens with two attached hydrogens (primary N) is 1. The van der Waals surface area contributed by atoms with E-state index in [1.54, 1.807) is 4.90 Å². The number of aliphatic hydroxyl groups is 1. The van der Waals surface area contributed by atoms with Gasteiger partial charge in [0.25, 0.3) is 0 Å². The third-order valence-electron chi connectivity index (χ3n) is 3.39. The first-order valence-electron chi connectivity index (χ1n) is 6.59. The highest BCUT2D eigenvalue weighted by Gasteiger charge is 2.28. The van der Waals surface area contributed by atoms with Crippen LogP contribution in [0.4, 0.5) is 5.69 Å². The lowest BCUT2D eigenvalue weighted by Crippen LogP contribution is -2.41. The van der Waals surface area contributed by atoms with Crippen molar-refractivity contribution in [2.24, 2.45) is 5.73 Å². The monoisotopic (exact) mass is 263 g/mol. The first-order chi connectivity index (χ1) is 9.15. The number of nitrogens with one attached hydrogen (secondary N) is 1. The summed E-state index contributed by atoms with van der Waals surface area (Å²) in [7, 11) is 1.93. The molecule has 1 heterocycles. The largest absolute Gasteiger partial charge is 0.395 e. The van der Waals surface area contributed by atoms with Crippen LogP contribution in [-0.2, 0) is 17.6 Å². The topological polar surface area (TPSA) is 78.6 Å². The van der Waals surface area contributed by atoms with E-state index in [9.17, 15) is 4.79 Å². The number of anilines is 1. The van der Waals surface area contributed by atoms with Gasteiger partial charge in [-0.15, -0.1) is 0 Å². The number of fused-ring (bicyclic) bond motifs is 1.